The number of benzene rings is 2. The zero-order chi connectivity index (χ0) is 21.8. The Morgan fingerprint density at radius 3 is 2.30 bits per heavy atom. The normalized spacial score (nSPS) is 16.2. The number of esters is 2. The Hall–Kier alpha value is -3.36. The maximum atomic E-state index is 12.2. The minimum atomic E-state index is -1.71. The molecule has 0 N–H and O–H groups in total. The van der Waals surface area contributed by atoms with Crippen LogP contribution in [-0.4, -0.2) is 29.8 Å². The molecule has 0 unspecified atom stereocenters. The van der Waals surface area contributed by atoms with Crippen molar-refractivity contribution in [2.45, 2.75) is 33.2 Å². The molecule has 1 aliphatic rings. The van der Waals surface area contributed by atoms with E-state index in [0.717, 1.165) is 28.5 Å². The van der Waals surface area contributed by atoms with E-state index in [2.05, 4.69) is 11.8 Å². The van der Waals surface area contributed by atoms with Crippen LogP contribution >= 0.6 is 0 Å². The number of carbonyl (C=O) groups excluding carboxylic acids is 2. The van der Waals surface area contributed by atoms with E-state index in [-0.39, 0.29) is 5.41 Å². The lowest BCUT2D eigenvalue weighted by atomic mass is 9.98. The zero-order valence-corrected chi connectivity index (χ0v) is 17.6. The van der Waals surface area contributed by atoms with Crippen LogP contribution in [-0.2, 0) is 25.6 Å². The van der Waals surface area contributed by atoms with E-state index in [1.165, 1.54) is 6.08 Å². The lowest BCUT2D eigenvalue weighted by Gasteiger charge is -2.36. The second-order valence-electron chi connectivity index (χ2n) is 8.15. The van der Waals surface area contributed by atoms with Gasteiger partial charge in [0.1, 0.15) is 0 Å². The molecule has 0 aliphatic carbocycles. The number of nitrogens with zero attached hydrogens (tertiary/aromatic N) is 1. The average Bonchev–Trinajstić information content (AvgIpc) is 2.83. The van der Waals surface area contributed by atoms with Crippen molar-refractivity contribution in [3.8, 4) is 11.8 Å². The van der Waals surface area contributed by atoms with Crippen molar-refractivity contribution in [3.05, 3.63) is 72.3 Å². The van der Waals surface area contributed by atoms with E-state index >= 15 is 0 Å². The minimum absolute atomic E-state index is 0.190. The molecule has 2 aromatic rings. The van der Waals surface area contributed by atoms with Gasteiger partial charge in [-0.1, -0.05) is 54.3 Å². The van der Waals surface area contributed by atoms with Crippen LogP contribution in [0.2, 0.25) is 0 Å². The first-order valence-electron chi connectivity index (χ1n) is 9.71. The predicted molar refractivity (Wildman–Crippen MR) is 116 cm³/mol. The summed E-state index contributed by atoms with van der Waals surface area (Å²) in [5, 5.41) is 2.17. The number of likely N-dealkylation sites (N-methyl/N-ethyl adjacent to an activating group) is 1. The van der Waals surface area contributed by atoms with E-state index in [0.29, 0.717) is 6.54 Å². The number of carbonyl (C=O) groups is 2. The summed E-state index contributed by atoms with van der Waals surface area (Å²) in [5.41, 5.74) is 0.818. The summed E-state index contributed by atoms with van der Waals surface area (Å²) in [6.07, 6.45) is 5.17. The molecule has 5 heteroatoms. The van der Waals surface area contributed by atoms with Crippen molar-refractivity contribution in [1.82, 2.24) is 4.90 Å². The van der Waals surface area contributed by atoms with Gasteiger partial charge in [0.25, 0.3) is 0 Å². The van der Waals surface area contributed by atoms with Crippen molar-refractivity contribution in [1.29, 1.82) is 0 Å². The third kappa shape index (κ3) is 5.16. The molecule has 30 heavy (non-hydrogen) atoms. The van der Waals surface area contributed by atoms with Gasteiger partial charge in [-0.2, -0.15) is 0 Å². The molecule has 0 atom stereocenters. The fourth-order valence-corrected chi connectivity index (χ4v) is 3.07. The predicted octanol–water partition coefficient (Wildman–Crippen LogP) is 4.19. The van der Waals surface area contributed by atoms with Gasteiger partial charge in [-0.25, -0.2) is 14.5 Å². The fourth-order valence-electron chi connectivity index (χ4n) is 3.07. The third-order valence-electron chi connectivity index (χ3n) is 4.49. The molecule has 0 aromatic heterocycles. The van der Waals surface area contributed by atoms with Gasteiger partial charge in [0, 0.05) is 30.2 Å². The van der Waals surface area contributed by atoms with Gasteiger partial charge in [-0.05, 0) is 50.2 Å². The first-order chi connectivity index (χ1) is 14.2. The van der Waals surface area contributed by atoms with E-state index in [4.69, 9.17) is 9.47 Å². The number of cyclic esters (lactones) is 2. The quantitative estimate of drug-likeness (QED) is 0.566. The first kappa shape index (κ1) is 21.4. The second-order valence-corrected chi connectivity index (χ2v) is 8.15. The standard InChI is InChI=1S/C25H25NO4/c1-24(2,3)16-7-8-17-25(29-22(27)14-15-23(28)30-25)26(4)18-20-12-9-11-19-10-5-6-13-21(19)20/h5-6,8-15,17H,18H2,1-4H3/b17-8+. The summed E-state index contributed by atoms with van der Waals surface area (Å²) in [6, 6.07) is 14.0. The van der Waals surface area contributed by atoms with Crippen LogP contribution in [0.25, 0.3) is 10.8 Å². The molecule has 0 saturated carbocycles. The molecule has 2 aromatic carbocycles. The molecule has 0 fully saturated rings. The van der Waals surface area contributed by atoms with E-state index in [9.17, 15) is 9.59 Å². The highest BCUT2D eigenvalue weighted by molar-refractivity contribution is 5.93. The summed E-state index contributed by atoms with van der Waals surface area (Å²) in [6.45, 7) is 6.35. The molecule has 3 rings (SSSR count). The number of fused-ring (bicyclic) bond motifs is 1. The highest BCUT2D eigenvalue weighted by atomic mass is 16.8. The maximum absolute atomic E-state index is 12.2. The molecule has 5 nitrogen and oxygen atoms in total. The number of hydrogen-bond donors (Lipinski definition) is 0. The molecule has 0 bridgehead atoms. The Balaban J connectivity index is 1.98. The molecule has 1 aliphatic heterocycles. The van der Waals surface area contributed by atoms with Gasteiger partial charge < -0.3 is 9.47 Å². The zero-order valence-electron chi connectivity index (χ0n) is 17.6. The largest absolute Gasteiger partial charge is 0.401 e. The first-order valence-corrected chi connectivity index (χ1v) is 9.71. The third-order valence-corrected chi connectivity index (χ3v) is 4.49. The lowest BCUT2D eigenvalue weighted by molar-refractivity contribution is -0.253. The Kier molecular flexibility index (Phi) is 6.09. The van der Waals surface area contributed by atoms with Crippen molar-refractivity contribution >= 4 is 22.7 Å². The summed E-state index contributed by atoms with van der Waals surface area (Å²) in [4.78, 5) is 26.0. The summed E-state index contributed by atoms with van der Waals surface area (Å²) in [7, 11) is 1.73. The van der Waals surface area contributed by atoms with E-state index in [1.807, 2.05) is 63.2 Å². The van der Waals surface area contributed by atoms with Gasteiger partial charge in [0.05, 0.1) is 0 Å². The smallest absolute Gasteiger partial charge is 0.343 e. The Labute approximate surface area is 177 Å². The van der Waals surface area contributed by atoms with Crippen molar-refractivity contribution in [2.75, 3.05) is 7.05 Å². The summed E-state index contributed by atoms with van der Waals surface area (Å²) >= 11 is 0. The van der Waals surface area contributed by atoms with Crippen LogP contribution in [0.1, 0.15) is 26.3 Å². The summed E-state index contributed by atoms with van der Waals surface area (Å²) in [5.74, 6) is 2.97. The Morgan fingerprint density at radius 1 is 1.00 bits per heavy atom. The summed E-state index contributed by atoms with van der Waals surface area (Å²) < 4.78 is 11.1. The average molecular weight is 403 g/mol. The highest BCUT2D eigenvalue weighted by Gasteiger charge is 2.41. The number of allylic oxidation sites excluding steroid dienone is 1. The van der Waals surface area contributed by atoms with E-state index < -0.39 is 17.8 Å². The van der Waals surface area contributed by atoms with Crippen molar-refractivity contribution in [2.24, 2.45) is 5.41 Å². The van der Waals surface area contributed by atoms with Gasteiger partial charge in [-0.3, -0.25) is 0 Å². The second kappa shape index (κ2) is 8.56. The van der Waals surface area contributed by atoms with Crippen LogP contribution in [0.4, 0.5) is 0 Å². The monoisotopic (exact) mass is 403 g/mol. The van der Waals surface area contributed by atoms with Crippen LogP contribution in [0, 0.1) is 17.3 Å². The van der Waals surface area contributed by atoms with Gasteiger partial charge in [0.15, 0.2) is 0 Å². The van der Waals surface area contributed by atoms with Gasteiger partial charge in [-0.15, -0.1) is 0 Å². The SMILES string of the molecule is CN(Cc1cccc2ccccc12)C1(/C=C/C#CC(C)(C)C)OC(=O)C=CC(=O)O1. The van der Waals surface area contributed by atoms with Crippen molar-refractivity contribution in [3.63, 3.8) is 0 Å². The molecule has 154 valence electrons. The minimum Gasteiger partial charge on any atom is -0.401 e. The van der Waals surface area contributed by atoms with Crippen molar-refractivity contribution < 1.29 is 19.1 Å². The van der Waals surface area contributed by atoms with E-state index in [1.54, 1.807) is 18.0 Å². The molecular weight excluding hydrogens is 378 g/mol. The maximum Gasteiger partial charge on any atom is 0.343 e. The molecule has 0 radical (unpaired) electrons. The fraction of sp³-hybridized carbons (Fsp3) is 0.280. The lowest BCUT2D eigenvalue weighted by Crippen LogP contribution is -2.50. The Morgan fingerprint density at radius 2 is 1.63 bits per heavy atom. The molecular formula is C25H25NO4. The molecule has 0 spiro atoms. The molecule has 0 saturated heterocycles. The van der Waals surface area contributed by atoms with Crippen LogP contribution in [0.15, 0.2) is 66.8 Å². The number of hydrogen-bond acceptors (Lipinski definition) is 5. The number of rotatable bonds is 4. The van der Waals surface area contributed by atoms with Crippen LogP contribution in [0.3, 0.4) is 0 Å². The molecule has 0 amide bonds. The van der Waals surface area contributed by atoms with Crippen LogP contribution in [0.5, 0.6) is 0 Å². The number of ether oxygens (including phenoxy) is 2. The highest BCUT2D eigenvalue weighted by Crippen LogP contribution is 2.27. The van der Waals surface area contributed by atoms with Gasteiger partial charge >= 0.3 is 17.8 Å². The van der Waals surface area contributed by atoms with Crippen LogP contribution < -0.4 is 0 Å². The Bertz CT molecular complexity index is 1050. The molecule has 1 heterocycles. The topological polar surface area (TPSA) is 55.8 Å². The van der Waals surface area contributed by atoms with Gasteiger partial charge in [0.2, 0.25) is 0 Å².